The van der Waals surface area contributed by atoms with E-state index in [2.05, 4.69) is 5.32 Å². The van der Waals surface area contributed by atoms with Crippen LogP contribution >= 0.6 is 11.3 Å². The number of halogens is 1. The van der Waals surface area contributed by atoms with E-state index in [0.717, 1.165) is 16.9 Å². The quantitative estimate of drug-likeness (QED) is 0.727. The average molecular weight is 394 g/mol. The third-order valence-corrected chi connectivity index (χ3v) is 6.03. The monoisotopic (exact) mass is 394 g/mol. The maximum atomic E-state index is 13.7. The van der Waals surface area contributed by atoms with Gasteiger partial charge in [-0.15, -0.1) is 11.3 Å². The summed E-state index contributed by atoms with van der Waals surface area (Å²) in [6.45, 7) is 1.28. The Morgan fingerprint density at radius 1 is 1.07 bits per heavy atom. The average Bonchev–Trinajstić information content (AvgIpc) is 3.16. The highest BCUT2D eigenvalue weighted by Crippen LogP contribution is 2.29. The zero-order chi connectivity index (χ0) is 19.5. The fraction of sp³-hybridized carbons (Fsp3) is 0.182. The third kappa shape index (κ3) is 3.82. The molecule has 0 bridgehead atoms. The number of nitrogens with zero attached hydrogens (tertiary/aromatic N) is 1. The number of carbonyl (C=O) groups excluding carboxylic acids is 2. The molecule has 0 aliphatic carbocycles. The Morgan fingerprint density at radius 3 is 2.61 bits per heavy atom. The van der Waals surface area contributed by atoms with Gasteiger partial charge >= 0.3 is 0 Å². The number of nitrogens with one attached hydrogen (secondary N) is 1. The van der Waals surface area contributed by atoms with Gasteiger partial charge in [-0.3, -0.25) is 9.59 Å². The van der Waals surface area contributed by atoms with Gasteiger partial charge in [-0.05, 0) is 36.2 Å². The highest BCUT2D eigenvalue weighted by Gasteiger charge is 2.25. The standard InChI is InChI=1S/C22H19FN2O2S/c23-18-9-5-4-8-16(18)13-24-21(26)20-12-17-14-25(11-10-19(17)28-20)22(27)15-6-2-1-3-7-15/h1-9,12H,10-11,13-14H2,(H,24,26). The molecule has 2 aromatic carbocycles. The predicted octanol–water partition coefficient (Wildman–Crippen LogP) is 4.02. The minimum absolute atomic E-state index is 0.00278. The van der Waals surface area contributed by atoms with Crippen molar-refractivity contribution >= 4 is 23.2 Å². The van der Waals surface area contributed by atoms with Crippen molar-refractivity contribution in [3.63, 3.8) is 0 Å². The molecule has 1 aliphatic rings. The van der Waals surface area contributed by atoms with Crippen LogP contribution in [0.3, 0.4) is 0 Å². The Morgan fingerprint density at radius 2 is 1.82 bits per heavy atom. The van der Waals surface area contributed by atoms with Gasteiger partial charge in [0, 0.05) is 35.6 Å². The van der Waals surface area contributed by atoms with Crippen LogP contribution in [0.4, 0.5) is 4.39 Å². The number of benzene rings is 2. The van der Waals surface area contributed by atoms with Crippen molar-refractivity contribution < 1.29 is 14.0 Å². The van der Waals surface area contributed by atoms with E-state index in [-0.39, 0.29) is 24.2 Å². The zero-order valence-electron chi connectivity index (χ0n) is 15.2. The topological polar surface area (TPSA) is 49.4 Å². The lowest BCUT2D eigenvalue weighted by Gasteiger charge is -2.27. The number of amides is 2. The molecule has 2 amide bonds. The first-order valence-corrected chi connectivity index (χ1v) is 9.91. The SMILES string of the molecule is O=C(NCc1ccccc1F)c1cc2c(s1)CCN(C(=O)c1ccccc1)C2. The molecule has 4 rings (SSSR count). The largest absolute Gasteiger partial charge is 0.347 e. The van der Waals surface area contributed by atoms with E-state index in [1.807, 2.05) is 41.3 Å². The molecule has 0 saturated heterocycles. The first kappa shape index (κ1) is 18.4. The Kier molecular flexibility index (Phi) is 5.21. The molecule has 0 spiro atoms. The minimum atomic E-state index is -0.330. The van der Waals surface area contributed by atoms with E-state index in [1.54, 1.807) is 18.2 Å². The summed E-state index contributed by atoms with van der Waals surface area (Å²) >= 11 is 1.45. The molecule has 6 heteroatoms. The van der Waals surface area contributed by atoms with Gasteiger partial charge in [-0.1, -0.05) is 36.4 Å². The van der Waals surface area contributed by atoms with Crippen molar-refractivity contribution in [2.45, 2.75) is 19.5 Å². The van der Waals surface area contributed by atoms with Gasteiger partial charge in [0.2, 0.25) is 0 Å². The molecule has 0 saturated carbocycles. The summed E-state index contributed by atoms with van der Waals surface area (Å²) in [4.78, 5) is 28.7. The van der Waals surface area contributed by atoms with Crippen LogP contribution in [0.25, 0.3) is 0 Å². The normalized spacial score (nSPS) is 13.1. The number of rotatable bonds is 4. The Hall–Kier alpha value is -2.99. The molecule has 3 aromatic rings. The van der Waals surface area contributed by atoms with E-state index in [1.165, 1.54) is 17.4 Å². The Balaban J connectivity index is 1.43. The minimum Gasteiger partial charge on any atom is -0.347 e. The van der Waals surface area contributed by atoms with Gasteiger partial charge in [0.15, 0.2) is 0 Å². The van der Waals surface area contributed by atoms with Crippen molar-refractivity contribution in [2.24, 2.45) is 0 Å². The van der Waals surface area contributed by atoms with Gasteiger partial charge in [0.1, 0.15) is 5.82 Å². The summed E-state index contributed by atoms with van der Waals surface area (Å²) in [5.74, 6) is -0.546. The van der Waals surface area contributed by atoms with E-state index in [0.29, 0.717) is 29.1 Å². The summed E-state index contributed by atoms with van der Waals surface area (Å²) in [6, 6.07) is 17.5. The molecule has 1 aromatic heterocycles. The lowest BCUT2D eigenvalue weighted by atomic mass is 10.1. The van der Waals surface area contributed by atoms with Crippen LogP contribution in [-0.4, -0.2) is 23.3 Å². The van der Waals surface area contributed by atoms with E-state index in [9.17, 15) is 14.0 Å². The van der Waals surface area contributed by atoms with Gasteiger partial charge in [0.25, 0.3) is 11.8 Å². The smallest absolute Gasteiger partial charge is 0.261 e. The first-order valence-electron chi connectivity index (χ1n) is 9.09. The second-order valence-electron chi connectivity index (χ2n) is 6.68. The lowest BCUT2D eigenvalue weighted by molar-refractivity contribution is 0.0736. The molecule has 142 valence electrons. The number of hydrogen-bond donors (Lipinski definition) is 1. The first-order chi connectivity index (χ1) is 13.6. The van der Waals surface area contributed by atoms with Gasteiger partial charge in [0.05, 0.1) is 4.88 Å². The van der Waals surface area contributed by atoms with Gasteiger partial charge in [-0.25, -0.2) is 4.39 Å². The molecule has 0 fully saturated rings. The van der Waals surface area contributed by atoms with Gasteiger partial charge in [-0.2, -0.15) is 0 Å². The maximum absolute atomic E-state index is 13.7. The van der Waals surface area contributed by atoms with Crippen LogP contribution in [0, 0.1) is 5.82 Å². The van der Waals surface area contributed by atoms with Crippen molar-refractivity contribution in [2.75, 3.05) is 6.54 Å². The molecule has 0 radical (unpaired) electrons. The Bertz CT molecular complexity index is 1020. The van der Waals surface area contributed by atoms with E-state index in [4.69, 9.17) is 0 Å². The van der Waals surface area contributed by atoms with Crippen LogP contribution in [0.2, 0.25) is 0 Å². The fourth-order valence-corrected chi connectivity index (χ4v) is 4.37. The summed E-state index contributed by atoms with van der Waals surface area (Å²) in [6.07, 6.45) is 0.735. The van der Waals surface area contributed by atoms with Crippen molar-refractivity contribution in [3.8, 4) is 0 Å². The van der Waals surface area contributed by atoms with Crippen LogP contribution in [-0.2, 0) is 19.5 Å². The molecule has 0 atom stereocenters. The number of thiophene rings is 1. The number of carbonyl (C=O) groups is 2. The molecule has 0 unspecified atom stereocenters. The van der Waals surface area contributed by atoms with Crippen molar-refractivity contribution in [1.82, 2.24) is 10.2 Å². The van der Waals surface area contributed by atoms with Crippen LogP contribution < -0.4 is 5.32 Å². The molecule has 1 N–H and O–H groups in total. The molecular formula is C22H19FN2O2S. The molecular weight excluding hydrogens is 375 g/mol. The summed E-state index contributed by atoms with van der Waals surface area (Å²) in [7, 11) is 0. The number of hydrogen-bond acceptors (Lipinski definition) is 3. The van der Waals surface area contributed by atoms with Crippen LogP contribution in [0.1, 0.15) is 36.0 Å². The summed E-state index contributed by atoms with van der Waals surface area (Å²) < 4.78 is 13.7. The Labute approximate surface area is 166 Å². The van der Waals surface area contributed by atoms with Crippen LogP contribution in [0.5, 0.6) is 0 Å². The third-order valence-electron chi connectivity index (χ3n) is 4.80. The molecule has 4 nitrogen and oxygen atoms in total. The maximum Gasteiger partial charge on any atom is 0.261 e. The highest BCUT2D eigenvalue weighted by molar-refractivity contribution is 7.14. The lowest BCUT2D eigenvalue weighted by Crippen LogP contribution is -2.35. The number of fused-ring (bicyclic) bond motifs is 1. The van der Waals surface area contributed by atoms with Crippen LogP contribution in [0.15, 0.2) is 60.7 Å². The second kappa shape index (κ2) is 7.94. The van der Waals surface area contributed by atoms with E-state index >= 15 is 0 Å². The predicted molar refractivity (Wildman–Crippen MR) is 107 cm³/mol. The highest BCUT2D eigenvalue weighted by atomic mass is 32.1. The fourth-order valence-electron chi connectivity index (χ4n) is 3.29. The van der Waals surface area contributed by atoms with Crippen molar-refractivity contribution in [1.29, 1.82) is 0 Å². The van der Waals surface area contributed by atoms with Crippen molar-refractivity contribution in [3.05, 3.63) is 92.9 Å². The summed E-state index contributed by atoms with van der Waals surface area (Å²) in [5.41, 5.74) is 2.14. The van der Waals surface area contributed by atoms with Gasteiger partial charge < -0.3 is 10.2 Å². The molecule has 2 heterocycles. The summed E-state index contributed by atoms with van der Waals surface area (Å²) in [5, 5.41) is 2.78. The molecule has 1 aliphatic heterocycles. The zero-order valence-corrected chi connectivity index (χ0v) is 16.0. The second-order valence-corrected chi connectivity index (χ2v) is 7.81. The molecule has 28 heavy (non-hydrogen) atoms. The van der Waals surface area contributed by atoms with E-state index < -0.39 is 0 Å².